The molecule has 4 heteroatoms. The fourth-order valence-corrected chi connectivity index (χ4v) is 1.48. The van der Waals surface area contributed by atoms with Crippen molar-refractivity contribution in [2.24, 2.45) is 0 Å². The molecule has 0 radical (unpaired) electrons. The summed E-state index contributed by atoms with van der Waals surface area (Å²) in [6.45, 7) is 0. The Hall–Kier alpha value is -1.84. The Labute approximate surface area is 90.6 Å². The lowest BCUT2D eigenvalue weighted by molar-refractivity contribution is -0.140. The summed E-state index contributed by atoms with van der Waals surface area (Å²) >= 11 is 0. The minimum atomic E-state index is -4.42. The highest BCUT2D eigenvalue weighted by Crippen LogP contribution is 2.34. The fourth-order valence-electron chi connectivity index (χ4n) is 1.48. The Kier molecular flexibility index (Phi) is 2.64. The zero-order chi connectivity index (χ0) is 11.6. The third-order valence-electron chi connectivity index (χ3n) is 2.16. The third-order valence-corrected chi connectivity index (χ3v) is 2.16. The molecule has 1 heterocycles. The maximum atomic E-state index is 12.7. The second-order valence-electron chi connectivity index (χ2n) is 3.26. The second-order valence-corrected chi connectivity index (χ2v) is 3.26. The number of hydrogen-bond donors (Lipinski definition) is 0. The molecule has 0 fully saturated rings. The first-order valence-electron chi connectivity index (χ1n) is 4.66. The van der Waals surface area contributed by atoms with E-state index >= 15 is 0 Å². The zero-order valence-electron chi connectivity index (χ0n) is 8.20. The lowest BCUT2D eigenvalue weighted by atomic mass is 10.0. The van der Waals surface area contributed by atoms with Gasteiger partial charge in [-0.05, 0) is 11.6 Å². The van der Waals surface area contributed by atoms with Crippen molar-refractivity contribution in [3.8, 4) is 11.1 Å². The smallest absolute Gasteiger partial charge is 0.251 e. The molecule has 0 saturated carbocycles. The highest BCUT2D eigenvalue weighted by atomic mass is 19.4. The van der Waals surface area contributed by atoms with Gasteiger partial charge in [-0.2, -0.15) is 13.2 Å². The molecule has 82 valence electrons. The number of alkyl halides is 3. The zero-order valence-corrected chi connectivity index (χ0v) is 8.20. The number of pyridine rings is 1. The van der Waals surface area contributed by atoms with Gasteiger partial charge in [0, 0.05) is 11.8 Å². The van der Waals surface area contributed by atoms with E-state index in [2.05, 4.69) is 4.98 Å². The molecular weight excluding hydrogens is 215 g/mol. The van der Waals surface area contributed by atoms with Crippen LogP contribution in [0.25, 0.3) is 11.1 Å². The Morgan fingerprint density at radius 2 is 1.56 bits per heavy atom. The number of hydrogen-bond acceptors (Lipinski definition) is 1. The van der Waals surface area contributed by atoms with Crippen molar-refractivity contribution in [2.45, 2.75) is 6.18 Å². The van der Waals surface area contributed by atoms with Gasteiger partial charge in [0.25, 0.3) is 0 Å². The lowest BCUT2D eigenvalue weighted by Gasteiger charge is -2.11. The SMILES string of the molecule is FC(F)(F)c1ncccc1-c1ccccc1. The highest BCUT2D eigenvalue weighted by Gasteiger charge is 2.35. The van der Waals surface area contributed by atoms with Crippen molar-refractivity contribution in [1.82, 2.24) is 4.98 Å². The van der Waals surface area contributed by atoms with Crippen LogP contribution in [0.1, 0.15) is 5.69 Å². The summed E-state index contributed by atoms with van der Waals surface area (Å²) in [4.78, 5) is 3.40. The molecule has 0 spiro atoms. The average molecular weight is 223 g/mol. The van der Waals surface area contributed by atoms with Crippen LogP contribution in [0.2, 0.25) is 0 Å². The average Bonchev–Trinajstić information content (AvgIpc) is 2.29. The van der Waals surface area contributed by atoms with Gasteiger partial charge in [0.2, 0.25) is 0 Å². The van der Waals surface area contributed by atoms with Crippen LogP contribution in [0.3, 0.4) is 0 Å². The van der Waals surface area contributed by atoms with E-state index in [0.717, 1.165) is 6.20 Å². The van der Waals surface area contributed by atoms with Crippen LogP contribution in [0.5, 0.6) is 0 Å². The molecule has 0 bridgehead atoms. The molecule has 0 saturated heterocycles. The van der Waals surface area contributed by atoms with Crippen LogP contribution < -0.4 is 0 Å². The van der Waals surface area contributed by atoms with E-state index in [-0.39, 0.29) is 5.56 Å². The van der Waals surface area contributed by atoms with Gasteiger partial charge in [-0.15, -0.1) is 0 Å². The summed E-state index contributed by atoms with van der Waals surface area (Å²) < 4.78 is 38.0. The van der Waals surface area contributed by atoms with Crippen molar-refractivity contribution < 1.29 is 13.2 Å². The van der Waals surface area contributed by atoms with E-state index < -0.39 is 11.9 Å². The van der Waals surface area contributed by atoms with E-state index in [0.29, 0.717) is 5.56 Å². The van der Waals surface area contributed by atoms with Gasteiger partial charge in [0.05, 0.1) is 0 Å². The number of rotatable bonds is 1. The maximum Gasteiger partial charge on any atom is 0.433 e. The van der Waals surface area contributed by atoms with Crippen LogP contribution in [-0.4, -0.2) is 4.98 Å². The molecule has 2 rings (SSSR count). The van der Waals surface area contributed by atoms with Crippen molar-refractivity contribution in [1.29, 1.82) is 0 Å². The predicted octanol–water partition coefficient (Wildman–Crippen LogP) is 3.77. The standard InChI is InChI=1S/C12H8F3N/c13-12(14,15)11-10(7-4-8-16-11)9-5-2-1-3-6-9/h1-8H. The Morgan fingerprint density at radius 1 is 0.875 bits per heavy atom. The first kappa shape index (κ1) is 10.7. The Morgan fingerprint density at radius 3 is 2.19 bits per heavy atom. The maximum absolute atomic E-state index is 12.7. The Bertz CT molecular complexity index is 477. The van der Waals surface area contributed by atoms with Crippen molar-refractivity contribution >= 4 is 0 Å². The summed E-state index contributed by atoms with van der Waals surface area (Å²) in [6, 6.07) is 11.3. The minimum absolute atomic E-state index is 0.107. The molecule has 0 atom stereocenters. The molecule has 16 heavy (non-hydrogen) atoms. The first-order valence-corrected chi connectivity index (χ1v) is 4.66. The van der Waals surface area contributed by atoms with Crippen LogP contribution in [0.15, 0.2) is 48.7 Å². The van der Waals surface area contributed by atoms with E-state index in [1.807, 2.05) is 0 Å². The fraction of sp³-hybridized carbons (Fsp3) is 0.0833. The first-order chi connectivity index (χ1) is 7.59. The number of benzene rings is 1. The summed E-state index contributed by atoms with van der Waals surface area (Å²) in [5, 5.41) is 0. The van der Waals surface area contributed by atoms with Gasteiger partial charge in [-0.1, -0.05) is 36.4 Å². The quantitative estimate of drug-likeness (QED) is 0.717. The van der Waals surface area contributed by atoms with E-state index in [1.165, 1.54) is 12.1 Å². The molecule has 0 amide bonds. The second kappa shape index (κ2) is 3.96. The van der Waals surface area contributed by atoms with E-state index in [4.69, 9.17) is 0 Å². The number of halogens is 3. The normalized spacial score (nSPS) is 11.4. The topological polar surface area (TPSA) is 12.9 Å². The minimum Gasteiger partial charge on any atom is -0.251 e. The molecule has 0 N–H and O–H groups in total. The number of aromatic nitrogens is 1. The van der Waals surface area contributed by atoms with Crippen molar-refractivity contribution in [2.75, 3.05) is 0 Å². The summed E-state index contributed by atoms with van der Waals surface area (Å²) in [7, 11) is 0. The molecule has 1 aromatic carbocycles. The van der Waals surface area contributed by atoms with Gasteiger partial charge >= 0.3 is 6.18 Å². The van der Waals surface area contributed by atoms with Gasteiger partial charge in [-0.3, -0.25) is 4.98 Å². The number of nitrogens with zero attached hydrogens (tertiary/aromatic N) is 1. The van der Waals surface area contributed by atoms with E-state index in [9.17, 15) is 13.2 Å². The monoisotopic (exact) mass is 223 g/mol. The van der Waals surface area contributed by atoms with Gasteiger partial charge < -0.3 is 0 Å². The van der Waals surface area contributed by atoms with Gasteiger partial charge in [0.1, 0.15) is 0 Å². The van der Waals surface area contributed by atoms with Crippen molar-refractivity contribution in [3.05, 3.63) is 54.4 Å². The van der Waals surface area contributed by atoms with Gasteiger partial charge in [-0.25, -0.2) is 0 Å². The summed E-state index contributed by atoms with van der Waals surface area (Å²) in [6.07, 6.45) is -3.28. The molecule has 0 aliphatic rings. The molecule has 2 aromatic rings. The van der Waals surface area contributed by atoms with Crippen LogP contribution >= 0.6 is 0 Å². The largest absolute Gasteiger partial charge is 0.433 e. The van der Waals surface area contributed by atoms with Crippen LogP contribution in [0, 0.1) is 0 Å². The predicted molar refractivity (Wildman–Crippen MR) is 54.7 cm³/mol. The van der Waals surface area contributed by atoms with E-state index in [1.54, 1.807) is 30.3 Å². The van der Waals surface area contributed by atoms with Crippen LogP contribution in [-0.2, 0) is 6.18 Å². The molecule has 0 unspecified atom stereocenters. The summed E-state index contributed by atoms with van der Waals surface area (Å²) in [5.74, 6) is 0. The lowest BCUT2D eigenvalue weighted by Crippen LogP contribution is -2.09. The third kappa shape index (κ3) is 2.05. The molecule has 1 nitrogen and oxygen atoms in total. The summed E-state index contributed by atoms with van der Waals surface area (Å²) in [5.41, 5.74) is -0.222. The van der Waals surface area contributed by atoms with Crippen LogP contribution in [0.4, 0.5) is 13.2 Å². The Balaban J connectivity index is 2.58. The molecule has 0 aliphatic carbocycles. The molecular formula is C12H8F3N. The molecule has 0 aliphatic heterocycles. The van der Waals surface area contributed by atoms with Crippen molar-refractivity contribution in [3.63, 3.8) is 0 Å². The highest BCUT2D eigenvalue weighted by molar-refractivity contribution is 5.66. The molecule has 1 aromatic heterocycles. The van der Waals surface area contributed by atoms with Gasteiger partial charge in [0.15, 0.2) is 5.69 Å².